The van der Waals surface area contributed by atoms with Crippen LogP contribution < -0.4 is 5.32 Å². The van der Waals surface area contributed by atoms with Crippen molar-refractivity contribution in [1.82, 2.24) is 5.32 Å². The van der Waals surface area contributed by atoms with Crippen molar-refractivity contribution >= 4 is 8.56 Å². The zero-order valence-corrected chi connectivity index (χ0v) is 10.6. The Kier molecular flexibility index (Phi) is 5.09. The van der Waals surface area contributed by atoms with E-state index in [1.165, 1.54) is 32.2 Å². The van der Waals surface area contributed by atoms with Crippen molar-refractivity contribution in [3.63, 3.8) is 0 Å². The first kappa shape index (κ1) is 12.2. The highest BCUT2D eigenvalue weighted by molar-refractivity contribution is 6.65. The third kappa shape index (κ3) is 3.69. The number of rotatable bonds is 6. The monoisotopic (exact) mass is 217 g/mol. The molecule has 0 bridgehead atoms. The predicted octanol–water partition coefficient (Wildman–Crippen LogP) is 1.88. The highest BCUT2D eigenvalue weighted by Crippen LogP contribution is 2.18. The SMILES string of the molecule is CO[Si](C)(CCCC1CCCN1)OC. The summed E-state index contributed by atoms with van der Waals surface area (Å²) in [6.07, 6.45) is 5.18. The van der Waals surface area contributed by atoms with Crippen LogP contribution in [0.1, 0.15) is 25.7 Å². The molecule has 0 saturated carbocycles. The smallest absolute Gasteiger partial charge is 0.334 e. The highest BCUT2D eigenvalue weighted by Gasteiger charge is 2.28. The van der Waals surface area contributed by atoms with E-state index >= 15 is 0 Å². The minimum atomic E-state index is -1.80. The third-order valence-electron chi connectivity index (χ3n) is 3.21. The molecule has 0 aromatic carbocycles. The van der Waals surface area contributed by atoms with Crippen LogP contribution >= 0.6 is 0 Å². The van der Waals surface area contributed by atoms with Gasteiger partial charge in [0.1, 0.15) is 0 Å². The van der Waals surface area contributed by atoms with Gasteiger partial charge in [-0.1, -0.05) is 0 Å². The summed E-state index contributed by atoms with van der Waals surface area (Å²) < 4.78 is 10.9. The third-order valence-corrected chi connectivity index (χ3v) is 6.20. The molecule has 1 N–H and O–H groups in total. The fourth-order valence-electron chi connectivity index (χ4n) is 1.96. The van der Waals surface area contributed by atoms with Gasteiger partial charge in [0, 0.05) is 20.3 Å². The second-order valence-electron chi connectivity index (χ2n) is 4.23. The van der Waals surface area contributed by atoms with Gasteiger partial charge in [0.25, 0.3) is 0 Å². The Morgan fingerprint density at radius 3 is 2.57 bits per heavy atom. The lowest BCUT2D eigenvalue weighted by atomic mass is 10.1. The maximum atomic E-state index is 5.45. The van der Waals surface area contributed by atoms with Gasteiger partial charge in [0.05, 0.1) is 0 Å². The topological polar surface area (TPSA) is 30.5 Å². The van der Waals surface area contributed by atoms with Crippen LogP contribution in [-0.4, -0.2) is 35.4 Å². The molecule has 0 aromatic heterocycles. The van der Waals surface area contributed by atoms with Gasteiger partial charge in [-0.2, -0.15) is 0 Å². The van der Waals surface area contributed by atoms with E-state index in [1.807, 2.05) is 0 Å². The first-order valence-electron chi connectivity index (χ1n) is 5.54. The average Bonchev–Trinajstić information content (AvgIpc) is 2.70. The quantitative estimate of drug-likeness (QED) is 0.689. The van der Waals surface area contributed by atoms with Crippen molar-refractivity contribution in [3.8, 4) is 0 Å². The molecule has 1 fully saturated rings. The molecule has 1 heterocycles. The fraction of sp³-hybridized carbons (Fsp3) is 1.00. The number of nitrogens with one attached hydrogen (secondary N) is 1. The van der Waals surface area contributed by atoms with E-state index in [2.05, 4.69) is 11.9 Å². The summed E-state index contributed by atoms with van der Waals surface area (Å²) in [7, 11) is 1.74. The van der Waals surface area contributed by atoms with Crippen molar-refractivity contribution in [2.75, 3.05) is 20.8 Å². The Balaban J connectivity index is 2.12. The van der Waals surface area contributed by atoms with Gasteiger partial charge in [-0.05, 0) is 44.8 Å². The lowest BCUT2D eigenvalue weighted by Gasteiger charge is -2.23. The van der Waals surface area contributed by atoms with Crippen molar-refractivity contribution in [2.24, 2.45) is 0 Å². The Hall–Kier alpha value is 0.0969. The van der Waals surface area contributed by atoms with E-state index in [1.54, 1.807) is 14.2 Å². The summed E-state index contributed by atoms with van der Waals surface area (Å²) in [4.78, 5) is 0. The Morgan fingerprint density at radius 1 is 1.36 bits per heavy atom. The van der Waals surface area contributed by atoms with Crippen LogP contribution in [0.5, 0.6) is 0 Å². The van der Waals surface area contributed by atoms with Crippen LogP contribution in [0.3, 0.4) is 0 Å². The molecule has 1 unspecified atom stereocenters. The molecule has 0 aromatic rings. The van der Waals surface area contributed by atoms with Gasteiger partial charge in [-0.15, -0.1) is 0 Å². The zero-order valence-electron chi connectivity index (χ0n) is 9.64. The first-order valence-corrected chi connectivity index (χ1v) is 8.06. The van der Waals surface area contributed by atoms with Gasteiger partial charge >= 0.3 is 8.56 Å². The number of hydrogen-bond acceptors (Lipinski definition) is 3. The number of hydrogen-bond donors (Lipinski definition) is 1. The molecule has 1 atom stereocenters. The van der Waals surface area contributed by atoms with Crippen LogP contribution in [0, 0.1) is 0 Å². The minimum absolute atomic E-state index is 0.752. The van der Waals surface area contributed by atoms with Crippen LogP contribution in [0.2, 0.25) is 12.6 Å². The fourth-order valence-corrected chi connectivity index (χ4v) is 3.38. The molecule has 0 spiro atoms. The standard InChI is InChI=1S/C10H23NO2Si/c1-12-14(3,13-2)9-5-7-10-6-4-8-11-10/h10-11H,4-9H2,1-3H3. The molecule has 1 rings (SSSR count). The van der Waals surface area contributed by atoms with Gasteiger partial charge < -0.3 is 14.2 Å². The summed E-state index contributed by atoms with van der Waals surface area (Å²) in [5.41, 5.74) is 0. The Morgan fingerprint density at radius 2 is 2.07 bits per heavy atom. The van der Waals surface area contributed by atoms with E-state index in [9.17, 15) is 0 Å². The second-order valence-corrected chi connectivity index (χ2v) is 7.81. The van der Waals surface area contributed by atoms with Gasteiger partial charge in [-0.3, -0.25) is 0 Å². The van der Waals surface area contributed by atoms with E-state index in [4.69, 9.17) is 8.85 Å². The Labute approximate surface area is 88.4 Å². The lowest BCUT2D eigenvalue weighted by molar-refractivity contribution is 0.247. The van der Waals surface area contributed by atoms with E-state index < -0.39 is 8.56 Å². The maximum absolute atomic E-state index is 5.45. The molecule has 14 heavy (non-hydrogen) atoms. The van der Waals surface area contributed by atoms with E-state index in [0.29, 0.717) is 0 Å². The summed E-state index contributed by atoms with van der Waals surface area (Å²) >= 11 is 0. The van der Waals surface area contributed by atoms with Crippen molar-refractivity contribution in [1.29, 1.82) is 0 Å². The molecule has 3 nitrogen and oxygen atoms in total. The van der Waals surface area contributed by atoms with Crippen LogP contribution in [0.15, 0.2) is 0 Å². The minimum Gasteiger partial charge on any atom is -0.398 e. The molecule has 1 aliphatic rings. The molecular weight excluding hydrogens is 194 g/mol. The summed E-state index contributed by atoms with van der Waals surface area (Å²) in [5.74, 6) is 0. The maximum Gasteiger partial charge on any atom is 0.334 e. The average molecular weight is 217 g/mol. The lowest BCUT2D eigenvalue weighted by Crippen LogP contribution is -2.36. The van der Waals surface area contributed by atoms with Crippen LogP contribution in [0.25, 0.3) is 0 Å². The molecule has 0 aliphatic carbocycles. The first-order chi connectivity index (χ1) is 6.70. The van der Waals surface area contributed by atoms with Gasteiger partial charge in [0.2, 0.25) is 0 Å². The molecule has 4 heteroatoms. The van der Waals surface area contributed by atoms with Crippen molar-refractivity contribution in [2.45, 2.75) is 44.3 Å². The van der Waals surface area contributed by atoms with Gasteiger partial charge in [0.15, 0.2) is 0 Å². The summed E-state index contributed by atoms with van der Waals surface area (Å²) in [6.45, 7) is 3.34. The predicted molar refractivity (Wildman–Crippen MR) is 60.7 cm³/mol. The van der Waals surface area contributed by atoms with Crippen molar-refractivity contribution in [3.05, 3.63) is 0 Å². The summed E-state index contributed by atoms with van der Waals surface area (Å²) in [5, 5.41) is 3.51. The second kappa shape index (κ2) is 5.85. The molecule has 0 radical (unpaired) electrons. The molecule has 1 aliphatic heterocycles. The van der Waals surface area contributed by atoms with Crippen LogP contribution in [0.4, 0.5) is 0 Å². The van der Waals surface area contributed by atoms with Gasteiger partial charge in [-0.25, -0.2) is 0 Å². The zero-order chi connectivity index (χ0) is 10.4. The van der Waals surface area contributed by atoms with Crippen molar-refractivity contribution < 1.29 is 8.85 Å². The Bertz CT molecular complexity index is 156. The largest absolute Gasteiger partial charge is 0.398 e. The van der Waals surface area contributed by atoms with Crippen LogP contribution in [-0.2, 0) is 8.85 Å². The summed E-state index contributed by atoms with van der Waals surface area (Å²) in [6, 6.07) is 1.86. The molecule has 0 amide bonds. The highest BCUT2D eigenvalue weighted by atomic mass is 28.4. The van der Waals surface area contributed by atoms with E-state index in [0.717, 1.165) is 12.1 Å². The molecule has 1 saturated heterocycles. The normalized spacial score (nSPS) is 22.9. The van der Waals surface area contributed by atoms with E-state index in [-0.39, 0.29) is 0 Å². The molecular formula is C10H23NO2Si. The molecule has 84 valence electrons.